The second kappa shape index (κ2) is 11.0. The van der Waals surface area contributed by atoms with Crippen LogP contribution < -0.4 is 0 Å². The van der Waals surface area contributed by atoms with Gasteiger partial charge in [0.2, 0.25) is 0 Å². The van der Waals surface area contributed by atoms with Gasteiger partial charge in [0.1, 0.15) is 5.82 Å². The van der Waals surface area contributed by atoms with E-state index in [0.29, 0.717) is 17.7 Å². The number of unbranched alkanes of at least 4 members (excludes halogenated alkanes) is 1. The minimum absolute atomic E-state index is 0.347. The van der Waals surface area contributed by atoms with Gasteiger partial charge in [-0.3, -0.25) is 0 Å². The summed E-state index contributed by atoms with van der Waals surface area (Å²) < 4.78 is 4.39. The average molecular weight is 475 g/mol. The van der Waals surface area contributed by atoms with Crippen molar-refractivity contribution in [2.45, 2.75) is 92.0 Å². The lowest BCUT2D eigenvalue weighted by Crippen LogP contribution is -2.08. The predicted octanol–water partition coefficient (Wildman–Crippen LogP) is 5.84. The highest BCUT2D eigenvalue weighted by atomic mass is 15.5. The van der Waals surface area contributed by atoms with Crippen LogP contribution in [0.1, 0.15) is 101 Å². The largest absolute Gasteiger partial charge is 0.310 e. The number of benzene rings is 1. The zero-order chi connectivity index (χ0) is 24.9. The molecule has 1 aromatic carbocycles. The van der Waals surface area contributed by atoms with Crippen molar-refractivity contribution in [2.75, 3.05) is 0 Å². The van der Waals surface area contributed by atoms with E-state index >= 15 is 0 Å². The van der Waals surface area contributed by atoms with Gasteiger partial charge in [-0.25, -0.2) is 14.8 Å². The van der Waals surface area contributed by atoms with Crippen LogP contribution in [-0.2, 0) is 19.4 Å². The Kier molecular flexibility index (Phi) is 7.78. The molecule has 0 radical (unpaired) electrons. The first-order valence-corrected chi connectivity index (χ1v) is 12.9. The first-order valence-electron chi connectivity index (χ1n) is 12.9. The van der Waals surface area contributed by atoms with Gasteiger partial charge in [0.25, 0.3) is 0 Å². The normalized spacial score (nSPS) is 11.8. The van der Waals surface area contributed by atoms with Gasteiger partial charge in [-0.2, -0.15) is 5.10 Å². The van der Waals surface area contributed by atoms with Crippen LogP contribution in [0.5, 0.6) is 0 Å². The van der Waals surface area contributed by atoms with Gasteiger partial charge in [-0.15, -0.1) is 5.10 Å². The van der Waals surface area contributed by atoms with Gasteiger partial charge in [-0.1, -0.05) is 60.1 Å². The summed E-state index contributed by atoms with van der Waals surface area (Å²) in [6.45, 7) is 14.0. The SMILES string of the molecule is CCCCc1nc(CCC)nn1Cc1ccc(-n2c(C(C)C)cc(C(C)C)c2-c2nnn[nH]2)cc1. The molecule has 4 aromatic rings. The van der Waals surface area contributed by atoms with Crippen molar-refractivity contribution in [3.05, 3.63) is 58.8 Å². The van der Waals surface area contributed by atoms with E-state index in [0.717, 1.165) is 61.7 Å². The molecule has 0 amide bonds. The Morgan fingerprint density at radius 1 is 0.943 bits per heavy atom. The van der Waals surface area contributed by atoms with Crippen molar-refractivity contribution >= 4 is 0 Å². The minimum Gasteiger partial charge on any atom is -0.310 e. The van der Waals surface area contributed by atoms with Crippen LogP contribution in [0, 0.1) is 0 Å². The number of aryl methyl sites for hydroxylation is 2. The fourth-order valence-electron chi connectivity index (χ4n) is 4.52. The monoisotopic (exact) mass is 474 g/mol. The molecule has 0 unspecified atom stereocenters. The number of aromatic nitrogens is 8. The molecule has 4 rings (SSSR count). The molecule has 0 saturated carbocycles. The highest BCUT2D eigenvalue weighted by molar-refractivity contribution is 5.63. The number of hydrogen-bond donors (Lipinski definition) is 1. The van der Waals surface area contributed by atoms with Crippen molar-refractivity contribution in [2.24, 2.45) is 0 Å². The molecule has 8 nitrogen and oxygen atoms in total. The average Bonchev–Trinajstić information content (AvgIpc) is 3.57. The van der Waals surface area contributed by atoms with Gasteiger partial charge >= 0.3 is 0 Å². The Morgan fingerprint density at radius 3 is 2.31 bits per heavy atom. The van der Waals surface area contributed by atoms with Crippen LogP contribution in [0.4, 0.5) is 0 Å². The lowest BCUT2D eigenvalue weighted by atomic mass is 10.0. The topological polar surface area (TPSA) is 90.1 Å². The Morgan fingerprint density at radius 2 is 1.71 bits per heavy atom. The molecule has 0 saturated heterocycles. The molecular formula is C27H38N8. The molecule has 0 aliphatic carbocycles. The molecule has 0 atom stereocenters. The fraction of sp³-hybridized carbons (Fsp3) is 0.519. The maximum Gasteiger partial charge on any atom is 0.196 e. The zero-order valence-electron chi connectivity index (χ0n) is 21.9. The van der Waals surface area contributed by atoms with Gasteiger partial charge < -0.3 is 4.57 Å². The van der Waals surface area contributed by atoms with Gasteiger partial charge in [-0.05, 0) is 64.4 Å². The molecule has 3 aromatic heterocycles. The molecule has 0 aliphatic heterocycles. The maximum atomic E-state index is 4.81. The Balaban J connectivity index is 1.70. The fourth-order valence-corrected chi connectivity index (χ4v) is 4.52. The summed E-state index contributed by atoms with van der Waals surface area (Å²) in [6, 6.07) is 11.1. The molecule has 1 N–H and O–H groups in total. The second-order valence-corrected chi connectivity index (χ2v) is 9.89. The number of rotatable bonds is 11. The van der Waals surface area contributed by atoms with Crippen molar-refractivity contribution in [3.8, 4) is 17.2 Å². The number of hydrogen-bond acceptors (Lipinski definition) is 5. The van der Waals surface area contributed by atoms with Crippen LogP contribution in [-0.4, -0.2) is 40.0 Å². The minimum atomic E-state index is 0.347. The summed E-state index contributed by atoms with van der Waals surface area (Å²) in [7, 11) is 0. The first-order chi connectivity index (χ1) is 16.9. The number of aromatic amines is 1. The summed E-state index contributed by atoms with van der Waals surface area (Å²) in [6.07, 6.45) is 5.24. The van der Waals surface area contributed by atoms with Gasteiger partial charge in [0, 0.05) is 24.2 Å². The first kappa shape index (κ1) is 24.8. The molecule has 8 heteroatoms. The lowest BCUT2D eigenvalue weighted by Gasteiger charge is -2.16. The summed E-state index contributed by atoms with van der Waals surface area (Å²) in [5.41, 5.74) is 5.83. The quantitative estimate of drug-likeness (QED) is 0.295. The molecule has 0 bridgehead atoms. The molecule has 3 heterocycles. The van der Waals surface area contributed by atoms with Gasteiger partial charge in [0.05, 0.1) is 12.2 Å². The van der Waals surface area contributed by atoms with Crippen LogP contribution in [0.25, 0.3) is 17.2 Å². The van der Waals surface area contributed by atoms with E-state index in [4.69, 9.17) is 10.1 Å². The van der Waals surface area contributed by atoms with Crippen LogP contribution in [0.3, 0.4) is 0 Å². The summed E-state index contributed by atoms with van der Waals surface area (Å²) >= 11 is 0. The molecule has 0 spiro atoms. The molecular weight excluding hydrogens is 436 g/mol. The Labute approximate surface area is 208 Å². The third-order valence-corrected chi connectivity index (χ3v) is 6.39. The number of nitrogens with one attached hydrogen (secondary N) is 1. The van der Waals surface area contributed by atoms with Crippen LogP contribution in [0.2, 0.25) is 0 Å². The van der Waals surface area contributed by atoms with Crippen molar-refractivity contribution in [3.63, 3.8) is 0 Å². The van der Waals surface area contributed by atoms with E-state index in [1.807, 2.05) is 0 Å². The number of tetrazole rings is 1. The van der Waals surface area contributed by atoms with Gasteiger partial charge in [0.15, 0.2) is 11.6 Å². The molecule has 0 fully saturated rings. The lowest BCUT2D eigenvalue weighted by molar-refractivity contribution is 0.613. The summed E-state index contributed by atoms with van der Waals surface area (Å²) in [5.74, 6) is 3.44. The molecule has 0 aliphatic rings. The summed E-state index contributed by atoms with van der Waals surface area (Å²) in [4.78, 5) is 4.81. The van der Waals surface area contributed by atoms with E-state index in [2.05, 4.69) is 102 Å². The highest BCUT2D eigenvalue weighted by Crippen LogP contribution is 2.36. The van der Waals surface area contributed by atoms with Crippen LogP contribution in [0.15, 0.2) is 30.3 Å². The van der Waals surface area contributed by atoms with E-state index < -0.39 is 0 Å². The highest BCUT2D eigenvalue weighted by Gasteiger charge is 2.23. The van der Waals surface area contributed by atoms with Crippen LogP contribution >= 0.6 is 0 Å². The number of H-pyrrole nitrogens is 1. The zero-order valence-corrected chi connectivity index (χ0v) is 21.9. The smallest absolute Gasteiger partial charge is 0.196 e. The predicted molar refractivity (Wildman–Crippen MR) is 139 cm³/mol. The Bertz CT molecular complexity index is 1210. The third kappa shape index (κ3) is 5.36. The second-order valence-electron chi connectivity index (χ2n) is 9.89. The van der Waals surface area contributed by atoms with Crippen molar-refractivity contribution in [1.82, 2.24) is 40.0 Å². The third-order valence-electron chi connectivity index (χ3n) is 6.39. The molecule has 35 heavy (non-hydrogen) atoms. The number of nitrogens with zero attached hydrogens (tertiary/aromatic N) is 7. The maximum absolute atomic E-state index is 4.81. The van der Waals surface area contributed by atoms with Crippen molar-refractivity contribution in [1.29, 1.82) is 0 Å². The van der Waals surface area contributed by atoms with E-state index in [9.17, 15) is 0 Å². The Hall–Kier alpha value is -3.29. The standard InChI is InChI=1S/C27H38N8/c1-7-9-11-25-28-24(10-8-2)31-34(25)17-20-12-14-21(15-13-20)35-23(19(5)6)16-22(18(3)4)26(35)27-29-32-33-30-27/h12-16,18-19H,7-11,17H2,1-6H3,(H,29,30,32,33). The van der Waals surface area contributed by atoms with Crippen molar-refractivity contribution < 1.29 is 0 Å². The van der Waals surface area contributed by atoms with E-state index in [1.165, 1.54) is 16.8 Å². The van der Waals surface area contributed by atoms with E-state index in [-0.39, 0.29) is 0 Å². The van der Waals surface area contributed by atoms with E-state index in [1.54, 1.807) is 0 Å². The molecule has 186 valence electrons. The summed E-state index contributed by atoms with van der Waals surface area (Å²) in [5, 5.41) is 19.7.